The topological polar surface area (TPSA) is 55.6 Å². The summed E-state index contributed by atoms with van der Waals surface area (Å²) in [5, 5.41) is 0. The monoisotopic (exact) mass is 276 g/mol. The van der Waals surface area contributed by atoms with Crippen molar-refractivity contribution in [2.75, 3.05) is 23.8 Å². The first-order valence-corrected chi connectivity index (χ1v) is 7.48. The summed E-state index contributed by atoms with van der Waals surface area (Å²) in [5.74, 6) is 0.160. The van der Waals surface area contributed by atoms with Gasteiger partial charge >= 0.3 is 0 Å². The molecule has 1 atom stereocenters. The fraction of sp³-hybridized carbons (Fsp3) is 0.562. The number of carbonyl (C=O) groups is 1. The molecule has 2 N–H and O–H groups in total. The van der Waals surface area contributed by atoms with Crippen LogP contribution >= 0.6 is 0 Å². The number of ether oxygens (including phenoxy) is 1. The fourth-order valence-electron chi connectivity index (χ4n) is 2.61. The summed E-state index contributed by atoms with van der Waals surface area (Å²) in [5.41, 5.74) is 7.39. The molecule has 1 aliphatic heterocycles. The summed E-state index contributed by atoms with van der Waals surface area (Å²) in [6.07, 6.45) is 4.76. The van der Waals surface area contributed by atoms with Crippen molar-refractivity contribution in [2.24, 2.45) is 0 Å². The molecule has 0 radical (unpaired) electrons. The van der Waals surface area contributed by atoms with E-state index in [0.29, 0.717) is 12.1 Å². The van der Waals surface area contributed by atoms with E-state index < -0.39 is 0 Å². The van der Waals surface area contributed by atoms with Crippen LogP contribution in [0.1, 0.15) is 39.0 Å². The number of rotatable bonds is 6. The van der Waals surface area contributed by atoms with Crippen molar-refractivity contribution < 1.29 is 9.53 Å². The van der Waals surface area contributed by atoms with Gasteiger partial charge in [-0.05, 0) is 43.9 Å². The minimum Gasteiger partial charge on any atom is -0.399 e. The smallest absolute Gasteiger partial charge is 0.227 e. The minimum atomic E-state index is 0.160. The van der Waals surface area contributed by atoms with E-state index in [1.807, 2.05) is 29.2 Å². The lowest BCUT2D eigenvalue weighted by Crippen LogP contribution is -2.32. The molecule has 1 aromatic carbocycles. The zero-order chi connectivity index (χ0) is 14.4. The van der Waals surface area contributed by atoms with Crippen LogP contribution in [0.2, 0.25) is 0 Å². The molecule has 1 saturated heterocycles. The summed E-state index contributed by atoms with van der Waals surface area (Å²) >= 11 is 0. The number of nitrogens with zero attached hydrogens (tertiary/aromatic N) is 1. The number of hydrogen-bond donors (Lipinski definition) is 1. The molecule has 0 aromatic heterocycles. The molecule has 1 amide bonds. The van der Waals surface area contributed by atoms with Crippen LogP contribution in [0.3, 0.4) is 0 Å². The molecular formula is C16H24N2O2. The molecule has 0 saturated carbocycles. The van der Waals surface area contributed by atoms with Crippen molar-refractivity contribution in [1.82, 2.24) is 0 Å². The highest BCUT2D eigenvalue weighted by Gasteiger charge is 2.20. The Morgan fingerprint density at radius 2 is 2.35 bits per heavy atom. The third-order valence-electron chi connectivity index (χ3n) is 3.63. The molecule has 4 heteroatoms. The number of anilines is 2. The van der Waals surface area contributed by atoms with Gasteiger partial charge in [0.2, 0.25) is 5.91 Å². The number of benzene rings is 1. The molecule has 2 rings (SSSR count). The van der Waals surface area contributed by atoms with E-state index in [1.165, 1.54) is 0 Å². The second-order valence-corrected chi connectivity index (χ2v) is 5.31. The maximum Gasteiger partial charge on any atom is 0.227 e. The average Bonchev–Trinajstić information content (AvgIpc) is 2.95. The Balaban J connectivity index is 1.97. The predicted octanol–water partition coefficient (Wildman–Crippen LogP) is 2.97. The Morgan fingerprint density at radius 1 is 1.50 bits per heavy atom. The van der Waals surface area contributed by atoms with Crippen molar-refractivity contribution >= 4 is 17.3 Å². The lowest BCUT2D eigenvalue weighted by Gasteiger charge is -2.23. The maximum absolute atomic E-state index is 12.4. The molecular weight excluding hydrogens is 252 g/mol. The standard InChI is InChI=1S/C16H24N2O2/c1-2-10-18(14-6-3-5-13(17)12-14)16(19)9-8-15-7-4-11-20-15/h3,5-6,12,15H,2,4,7-11,17H2,1H3. The quantitative estimate of drug-likeness (QED) is 0.813. The van der Waals surface area contributed by atoms with E-state index in [-0.39, 0.29) is 12.0 Å². The molecule has 4 nitrogen and oxygen atoms in total. The van der Waals surface area contributed by atoms with E-state index in [1.54, 1.807) is 0 Å². The average molecular weight is 276 g/mol. The van der Waals surface area contributed by atoms with Gasteiger partial charge in [0.05, 0.1) is 6.10 Å². The number of nitrogens with two attached hydrogens (primary N) is 1. The van der Waals surface area contributed by atoms with Crippen molar-refractivity contribution in [3.8, 4) is 0 Å². The number of carbonyl (C=O) groups excluding carboxylic acids is 1. The molecule has 0 spiro atoms. The zero-order valence-electron chi connectivity index (χ0n) is 12.2. The third kappa shape index (κ3) is 3.97. The van der Waals surface area contributed by atoms with Gasteiger partial charge in [0, 0.05) is 30.9 Å². The second kappa shape index (κ2) is 7.29. The second-order valence-electron chi connectivity index (χ2n) is 5.31. The van der Waals surface area contributed by atoms with Crippen LogP contribution in [0.25, 0.3) is 0 Å². The lowest BCUT2D eigenvalue weighted by molar-refractivity contribution is -0.119. The van der Waals surface area contributed by atoms with Crippen molar-refractivity contribution in [2.45, 2.75) is 45.1 Å². The highest BCUT2D eigenvalue weighted by molar-refractivity contribution is 5.93. The van der Waals surface area contributed by atoms with E-state index in [9.17, 15) is 4.79 Å². The van der Waals surface area contributed by atoms with Crippen LogP contribution in [-0.2, 0) is 9.53 Å². The van der Waals surface area contributed by atoms with Gasteiger partial charge in [-0.3, -0.25) is 4.79 Å². The summed E-state index contributed by atoms with van der Waals surface area (Å²) < 4.78 is 5.58. The van der Waals surface area contributed by atoms with Crippen molar-refractivity contribution in [1.29, 1.82) is 0 Å². The maximum atomic E-state index is 12.4. The molecule has 1 aromatic rings. The van der Waals surface area contributed by atoms with Crippen LogP contribution in [0.4, 0.5) is 11.4 Å². The van der Waals surface area contributed by atoms with E-state index >= 15 is 0 Å². The zero-order valence-corrected chi connectivity index (χ0v) is 12.2. The Kier molecular flexibility index (Phi) is 5.41. The third-order valence-corrected chi connectivity index (χ3v) is 3.63. The Labute approximate surface area is 120 Å². The van der Waals surface area contributed by atoms with Gasteiger partial charge in [-0.2, -0.15) is 0 Å². The molecule has 110 valence electrons. The largest absolute Gasteiger partial charge is 0.399 e. The molecule has 1 fully saturated rings. The van der Waals surface area contributed by atoms with Gasteiger partial charge in [0.25, 0.3) is 0 Å². The molecule has 1 heterocycles. The summed E-state index contributed by atoms with van der Waals surface area (Å²) in [6, 6.07) is 7.53. The van der Waals surface area contributed by atoms with Crippen molar-refractivity contribution in [3.63, 3.8) is 0 Å². The van der Waals surface area contributed by atoms with Gasteiger partial charge in [-0.15, -0.1) is 0 Å². The van der Waals surface area contributed by atoms with Gasteiger partial charge < -0.3 is 15.4 Å². The molecule has 1 unspecified atom stereocenters. The normalized spacial score (nSPS) is 18.1. The van der Waals surface area contributed by atoms with Gasteiger partial charge in [-0.1, -0.05) is 13.0 Å². The van der Waals surface area contributed by atoms with Gasteiger partial charge in [0.1, 0.15) is 0 Å². The molecule has 1 aliphatic rings. The summed E-state index contributed by atoms with van der Waals surface area (Å²) in [4.78, 5) is 14.3. The molecule has 0 aliphatic carbocycles. The highest BCUT2D eigenvalue weighted by Crippen LogP contribution is 2.21. The first-order chi connectivity index (χ1) is 9.70. The molecule has 20 heavy (non-hydrogen) atoms. The van der Waals surface area contributed by atoms with Gasteiger partial charge in [0.15, 0.2) is 0 Å². The van der Waals surface area contributed by atoms with E-state index in [0.717, 1.165) is 44.5 Å². The van der Waals surface area contributed by atoms with E-state index in [4.69, 9.17) is 10.5 Å². The van der Waals surface area contributed by atoms with Crippen LogP contribution < -0.4 is 10.6 Å². The highest BCUT2D eigenvalue weighted by atomic mass is 16.5. The predicted molar refractivity (Wildman–Crippen MR) is 81.7 cm³/mol. The summed E-state index contributed by atoms with van der Waals surface area (Å²) in [7, 11) is 0. The fourth-order valence-corrected chi connectivity index (χ4v) is 2.61. The van der Waals surface area contributed by atoms with E-state index in [2.05, 4.69) is 6.92 Å². The first-order valence-electron chi connectivity index (χ1n) is 7.48. The SMILES string of the molecule is CCCN(C(=O)CCC1CCCO1)c1cccc(N)c1. The van der Waals surface area contributed by atoms with Crippen LogP contribution in [0.5, 0.6) is 0 Å². The Hall–Kier alpha value is -1.55. The minimum absolute atomic E-state index is 0.160. The Bertz CT molecular complexity index is 442. The lowest BCUT2D eigenvalue weighted by atomic mass is 10.1. The first kappa shape index (κ1) is 14.9. The Morgan fingerprint density at radius 3 is 3.00 bits per heavy atom. The number of hydrogen-bond acceptors (Lipinski definition) is 3. The van der Waals surface area contributed by atoms with Crippen molar-refractivity contribution in [3.05, 3.63) is 24.3 Å². The van der Waals surface area contributed by atoms with Crippen LogP contribution in [0, 0.1) is 0 Å². The van der Waals surface area contributed by atoms with Crippen LogP contribution in [-0.4, -0.2) is 25.2 Å². The molecule has 0 bridgehead atoms. The number of amides is 1. The number of nitrogen functional groups attached to an aromatic ring is 1. The van der Waals surface area contributed by atoms with Gasteiger partial charge in [-0.25, -0.2) is 0 Å². The summed E-state index contributed by atoms with van der Waals surface area (Å²) in [6.45, 7) is 3.65. The van der Waals surface area contributed by atoms with Crippen LogP contribution in [0.15, 0.2) is 24.3 Å².